The van der Waals surface area contributed by atoms with Gasteiger partial charge in [0, 0.05) is 25.7 Å². The van der Waals surface area contributed by atoms with Crippen molar-refractivity contribution in [3.8, 4) is 0 Å². The number of likely N-dealkylation sites (tertiary alicyclic amines) is 2. The monoisotopic (exact) mass is 302 g/mol. The van der Waals surface area contributed by atoms with E-state index in [1.54, 1.807) is 0 Å². The number of nitrogens with zero attached hydrogens (tertiary/aromatic N) is 2. The summed E-state index contributed by atoms with van der Waals surface area (Å²) in [6.07, 6.45) is 1.62. The summed E-state index contributed by atoms with van der Waals surface area (Å²) in [5, 5.41) is 9.17. The Morgan fingerprint density at radius 1 is 1.27 bits per heavy atom. The van der Waals surface area contributed by atoms with Gasteiger partial charge >= 0.3 is 6.09 Å². The first-order chi connectivity index (χ1) is 10.5. The first kappa shape index (κ1) is 14.9. The Kier molecular flexibility index (Phi) is 3.81. The van der Waals surface area contributed by atoms with Crippen LogP contribution >= 0.6 is 0 Å². The van der Waals surface area contributed by atoms with Crippen molar-refractivity contribution in [2.45, 2.75) is 37.6 Å². The molecule has 22 heavy (non-hydrogen) atoms. The summed E-state index contributed by atoms with van der Waals surface area (Å²) in [4.78, 5) is 27.5. The van der Waals surface area contributed by atoms with E-state index in [0.717, 1.165) is 24.8 Å². The molecule has 5 nitrogen and oxygen atoms in total. The maximum absolute atomic E-state index is 13.0. The number of carboxylic acid groups (broad SMARTS) is 1. The summed E-state index contributed by atoms with van der Waals surface area (Å²) in [6, 6.07) is 9.91. The highest BCUT2D eigenvalue weighted by molar-refractivity contribution is 5.90. The molecule has 5 heteroatoms. The normalized spacial score (nSPS) is 29.0. The van der Waals surface area contributed by atoms with Crippen LogP contribution in [-0.2, 0) is 10.2 Å². The number of hydrogen-bond acceptors (Lipinski definition) is 2. The minimum absolute atomic E-state index is 0.0166. The van der Waals surface area contributed by atoms with E-state index < -0.39 is 11.5 Å². The third-order valence-corrected chi connectivity index (χ3v) is 5.10. The number of carbonyl (C=O) groups is 2. The van der Waals surface area contributed by atoms with E-state index in [0.29, 0.717) is 19.6 Å². The zero-order valence-electron chi connectivity index (χ0n) is 12.9. The van der Waals surface area contributed by atoms with Crippen molar-refractivity contribution in [2.75, 3.05) is 19.6 Å². The Hall–Kier alpha value is -2.04. The Balaban J connectivity index is 1.78. The summed E-state index contributed by atoms with van der Waals surface area (Å²) in [5.74, 6) is 0.135. The van der Waals surface area contributed by atoms with Gasteiger partial charge in [-0.15, -0.1) is 0 Å². The van der Waals surface area contributed by atoms with E-state index in [9.17, 15) is 9.59 Å². The van der Waals surface area contributed by atoms with Crippen LogP contribution in [0.3, 0.4) is 0 Å². The number of hydrogen-bond donors (Lipinski definition) is 1. The van der Waals surface area contributed by atoms with Gasteiger partial charge in [0.05, 0.1) is 5.41 Å². The van der Waals surface area contributed by atoms with Gasteiger partial charge in [-0.1, -0.05) is 30.3 Å². The largest absolute Gasteiger partial charge is 0.465 e. The molecule has 0 saturated carbocycles. The summed E-state index contributed by atoms with van der Waals surface area (Å²) in [7, 11) is 0. The maximum atomic E-state index is 13.0. The van der Waals surface area contributed by atoms with Gasteiger partial charge in [0.1, 0.15) is 0 Å². The van der Waals surface area contributed by atoms with Crippen LogP contribution in [0.4, 0.5) is 4.79 Å². The lowest BCUT2D eigenvalue weighted by molar-refractivity contribution is -0.134. The molecule has 0 aromatic heterocycles. The molecule has 1 N–H and O–H groups in total. The molecule has 2 amide bonds. The minimum atomic E-state index is -0.887. The van der Waals surface area contributed by atoms with Gasteiger partial charge < -0.3 is 14.9 Å². The zero-order chi connectivity index (χ0) is 15.7. The van der Waals surface area contributed by atoms with Crippen LogP contribution in [-0.4, -0.2) is 52.6 Å². The summed E-state index contributed by atoms with van der Waals surface area (Å²) >= 11 is 0. The Bertz CT molecular complexity index is 575. The van der Waals surface area contributed by atoms with Gasteiger partial charge in [-0.2, -0.15) is 0 Å². The van der Waals surface area contributed by atoms with E-state index >= 15 is 0 Å². The molecule has 0 aliphatic carbocycles. The Morgan fingerprint density at radius 3 is 2.68 bits per heavy atom. The summed E-state index contributed by atoms with van der Waals surface area (Å²) < 4.78 is 0. The van der Waals surface area contributed by atoms with Crippen molar-refractivity contribution in [3.63, 3.8) is 0 Å². The van der Waals surface area contributed by atoms with Crippen LogP contribution in [0.25, 0.3) is 0 Å². The fraction of sp³-hybridized carbons (Fsp3) is 0.529. The van der Waals surface area contributed by atoms with Crippen molar-refractivity contribution in [1.82, 2.24) is 9.80 Å². The topological polar surface area (TPSA) is 60.9 Å². The van der Waals surface area contributed by atoms with Crippen molar-refractivity contribution in [2.24, 2.45) is 0 Å². The lowest BCUT2D eigenvalue weighted by atomic mass is 9.81. The number of piperidine rings is 1. The van der Waals surface area contributed by atoms with Gasteiger partial charge in [0.2, 0.25) is 5.91 Å². The molecule has 0 spiro atoms. The zero-order valence-corrected chi connectivity index (χ0v) is 12.9. The SMILES string of the molecule is CC1(c2ccccc2)CCN(C2CCCN(C(=O)O)C2)C1=O. The Labute approximate surface area is 130 Å². The molecule has 1 aromatic rings. The van der Waals surface area contributed by atoms with E-state index in [4.69, 9.17) is 5.11 Å². The third kappa shape index (κ3) is 2.45. The lowest BCUT2D eigenvalue weighted by Gasteiger charge is -2.37. The summed E-state index contributed by atoms with van der Waals surface area (Å²) in [6.45, 7) is 3.72. The van der Waals surface area contributed by atoms with E-state index in [1.807, 2.05) is 42.2 Å². The predicted octanol–water partition coefficient (Wildman–Crippen LogP) is 2.32. The number of rotatable bonds is 2. The van der Waals surface area contributed by atoms with E-state index in [2.05, 4.69) is 0 Å². The molecule has 3 rings (SSSR count). The standard InChI is InChI=1S/C17H22N2O3/c1-17(13-6-3-2-4-7-13)9-11-19(15(17)20)14-8-5-10-18(12-14)16(21)22/h2-4,6-7,14H,5,8-12H2,1H3,(H,21,22). The predicted molar refractivity (Wildman–Crippen MR) is 82.7 cm³/mol. The lowest BCUT2D eigenvalue weighted by Crippen LogP contribution is -2.51. The Morgan fingerprint density at radius 2 is 2.00 bits per heavy atom. The maximum Gasteiger partial charge on any atom is 0.407 e. The molecule has 0 bridgehead atoms. The number of carbonyl (C=O) groups excluding carboxylic acids is 1. The minimum Gasteiger partial charge on any atom is -0.465 e. The van der Waals surface area contributed by atoms with Gasteiger partial charge in [-0.25, -0.2) is 4.79 Å². The van der Waals surface area contributed by atoms with Crippen LogP contribution in [0.1, 0.15) is 31.7 Å². The second-order valence-corrected chi connectivity index (χ2v) is 6.47. The summed E-state index contributed by atoms with van der Waals surface area (Å²) in [5.41, 5.74) is 0.570. The molecule has 2 atom stereocenters. The smallest absolute Gasteiger partial charge is 0.407 e. The molecule has 2 aliphatic heterocycles. The van der Waals surface area contributed by atoms with E-state index in [-0.39, 0.29) is 11.9 Å². The molecule has 2 fully saturated rings. The van der Waals surface area contributed by atoms with Crippen LogP contribution in [0.15, 0.2) is 30.3 Å². The highest BCUT2D eigenvalue weighted by Crippen LogP contribution is 2.37. The molecular formula is C17H22N2O3. The van der Waals surface area contributed by atoms with Crippen molar-refractivity contribution in [1.29, 1.82) is 0 Å². The molecule has 2 saturated heterocycles. The quantitative estimate of drug-likeness (QED) is 0.912. The van der Waals surface area contributed by atoms with Crippen molar-refractivity contribution >= 4 is 12.0 Å². The average molecular weight is 302 g/mol. The first-order valence-corrected chi connectivity index (χ1v) is 7.87. The number of benzene rings is 1. The highest BCUT2D eigenvalue weighted by Gasteiger charge is 2.46. The molecular weight excluding hydrogens is 280 g/mol. The third-order valence-electron chi connectivity index (χ3n) is 5.10. The fourth-order valence-electron chi connectivity index (χ4n) is 3.67. The average Bonchev–Trinajstić information content (AvgIpc) is 2.85. The number of amides is 2. The molecule has 0 radical (unpaired) electrons. The van der Waals surface area contributed by atoms with Crippen LogP contribution < -0.4 is 0 Å². The molecule has 2 unspecified atom stereocenters. The van der Waals surface area contributed by atoms with Gasteiger partial charge in [-0.05, 0) is 31.7 Å². The van der Waals surface area contributed by atoms with Gasteiger partial charge in [0.15, 0.2) is 0 Å². The van der Waals surface area contributed by atoms with Gasteiger partial charge in [0.25, 0.3) is 0 Å². The van der Waals surface area contributed by atoms with E-state index in [1.165, 1.54) is 4.90 Å². The second-order valence-electron chi connectivity index (χ2n) is 6.47. The molecule has 2 aliphatic rings. The first-order valence-electron chi connectivity index (χ1n) is 7.87. The van der Waals surface area contributed by atoms with Crippen LogP contribution in [0, 0.1) is 0 Å². The molecule has 2 heterocycles. The highest BCUT2D eigenvalue weighted by atomic mass is 16.4. The van der Waals surface area contributed by atoms with Gasteiger partial charge in [-0.3, -0.25) is 4.79 Å². The second kappa shape index (κ2) is 5.63. The van der Waals surface area contributed by atoms with Crippen molar-refractivity contribution < 1.29 is 14.7 Å². The fourth-order valence-corrected chi connectivity index (χ4v) is 3.67. The molecule has 118 valence electrons. The van der Waals surface area contributed by atoms with Crippen LogP contribution in [0.2, 0.25) is 0 Å². The van der Waals surface area contributed by atoms with Crippen molar-refractivity contribution in [3.05, 3.63) is 35.9 Å². The van der Waals surface area contributed by atoms with Crippen LogP contribution in [0.5, 0.6) is 0 Å². The molecule has 1 aromatic carbocycles.